The van der Waals surface area contributed by atoms with Crippen LogP contribution in [0.2, 0.25) is 51.4 Å². The van der Waals surface area contributed by atoms with Crippen molar-refractivity contribution in [2.24, 2.45) is 5.41 Å². The van der Waals surface area contributed by atoms with E-state index in [1.807, 2.05) is 48.1 Å². The number of pyridine rings is 1. The molecule has 0 bridgehead atoms. The smallest absolute Gasteiger partial charge is 0.311 e. The second kappa shape index (κ2) is 15.5. The zero-order chi connectivity index (χ0) is 35.2. The predicted octanol–water partition coefficient (Wildman–Crippen LogP) is 8.64. The number of carbonyl (C=O) groups excluding carboxylic acids is 1. The van der Waals surface area contributed by atoms with Gasteiger partial charge in [-0.15, -0.1) is 0 Å². The third kappa shape index (κ3) is 9.53. The fourth-order valence-electron chi connectivity index (χ4n) is 5.78. The van der Waals surface area contributed by atoms with E-state index in [1.165, 1.54) is 7.11 Å². The Kier molecular flexibility index (Phi) is 11.6. The number of rotatable bonds is 15. The fraction of sp³-hybridized carbons (Fsp3) is 0.474. The van der Waals surface area contributed by atoms with Crippen LogP contribution >= 0.6 is 0 Å². The van der Waals surface area contributed by atoms with Crippen molar-refractivity contribution < 1.29 is 19.0 Å². The minimum absolute atomic E-state index is 0.173. The van der Waals surface area contributed by atoms with Crippen molar-refractivity contribution in [1.82, 2.24) is 19.6 Å². The molecule has 9 nitrogen and oxygen atoms in total. The van der Waals surface area contributed by atoms with Crippen LogP contribution < -0.4 is 4.90 Å². The molecule has 49 heavy (non-hydrogen) atoms. The summed E-state index contributed by atoms with van der Waals surface area (Å²) in [4.78, 5) is 24.7. The predicted molar refractivity (Wildman–Crippen MR) is 204 cm³/mol. The minimum atomic E-state index is -1.26. The summed E-state index contributed by atoms with van der Waals surface area (Å²) in [6.07, 6.45) is 7.91. The molecule has 1 atom stereocenters. The number of benzene rings is 1. The SMILES string of the molecule is COC(=O)C1(C)CC=C(c2cc(N(COCC[Si](C)(C)C)COCC[Si](C)(C)C)n3ncc(-c4ccc(-c5ccccc5)nc4)c3n2)CC1. The molecule has 0 fully saturated rings. The lowest BCUT2D eigenvalue weighted by Gasteiger charge is -2.30. The molecule has 1 unspecified atom stereocenters. The molecule has 0 saturated heterocycles. The molecule has 0 N–H and O–H groups in total. The Morgan fingerprint density at radius 2 is 1.57 bits per heavy atom. The molecule has 1 aromatic carbocycles. The Morgan fingerprint density at radius 3 is 2.12 bits per heavy atom. The lowest BCUT2D eigenvalue weighted by molar-refractivity contribution is -0.152. The van der Waals surface area contributed by atoms with Crippen molar-refractivity contribution in [2.75, 3.05) is 38.7 Å². The van der Waals surface area contributed by atoms with Gasteiger partial charge in [-0.2, -0.15) is 9.61 Å². The van der Waals surface area contributed by atoms with E-state index in [0.29, 0.717) is 45.9 Å². The largest absolute Gasteiger partial charge is 0.469 e. The van der Waals surface area contributed by atoms with Gasteiger partial charge in [0.2, 0.25) is 0 Å². The summed E-state index contributed by atoms with van der Waals surface area (Å²) < 4.78 is 19.7. The summed E-state index contributed by atoms with van der Waals surface area (Å²) in [7, 11) is -1.06. The van der Waals surface area contributed by atoms with E-state index in [4.69, 9.17) is 29.3 Å². The zero-order valence-corrected chi connectivity index (χ0v) is 32.6. The summed E-state index contributed by atoms with van der Waals surface area (Å²) in [5, 5.41) is 4.88. The second-order valence-corrected chi connectivity index (χ2v) is 27.1. The first-order valence-electron chi connectivity index (χ1n) is 17.4. The molecule has 1 aliphatic rings. The number of nitrogens with zero attached hydrogens (tertiary/aromatic N) is 5. The van der Waals surface area contributed by atoms with E-state index in [-0.39, 0.29) is 5.97 Å². The third-order valence-corrected chi connectivity index (χ3v) is 12.6. The van der Waals surface area contributed by atoms with E-state index < -0.39 is 21.6 Å². The number of methoxy groups -OCH3 is 1. The van der Waals surface area contributed by atoms with Crippen LogP contribution in [0.1, 0.15) is 31.9 Å². The first kappa shape index (κ1) is 36.6. The minimum Gasteiger partial charge on any atom is -0.469 e. The van der Waals surface area contributed by atoms with E-state index in [9.17, 15) is 4.79 Å². The average Bonchev–Trinajstić information content (AvgIpc) is 3.51. The molecule has 4 aromatic rings. The third-order valence-electron chi connectivity index (χ3n) is 9.16. The van der Waals surface area contributed by atoms with Gasteiger partial charge in [-0.05, 0) is 49.9 Å². The maximum atomic E-state index is 12.6. The van der Waals surface area contributed by atoms with E-state index in [0.717, 1.165) is 57.2 Å². The molecule has 11 heteroatoms. The molecular formula is C38H53N5O4Si2. The number of hydrogen-bond acceptors (Lipinski definition) is 8. The van der Waals surface area contributed by atoms with Gasteiger partial charge in [0.15, 0.2) is 5.65 Å². The van der Waals surface area contributed by atoms with Crippen LogP contribution in [0, 0.1) is 5.41 Å². The molecule has 3 aromatic heterocycles. The van der Waals surface area contributed by atoms with Crippen LogP contribution in [0.25, 0.3) is 33.6 Å². The highest BCUT2D eigenvalue weighted by Crippen LogP contribution is 2.40. The lowest BCUT2D eigenvalue weighted by Crippen LogP contribution is -2.33. The van der Waals surface area contributed by atoms with Crippen molar-refractivity contribution in [1.29, 1.82) is 0 Å². The van der Waals surface area contributed by atoms with Gasteiger partial charge in [-0.25, -0.2) is 4.98 Å². The van der Waals surface area contributed by atoms with Crippen LogP contribution in [0.5, 0.6) is 0 Å². The summed E-state index contributed by atoms with van der Waals surface area (Å²) >= 11 is 0. The van der Waals surface area contributed by atoms with E-state index in [2.05, 4.69) is 74.5 Å². The summed E-state index contributed by atoms with van der Waals surface area (Å²) in [5.41, 5.74) is 5.97. The molecule has 0 aliphatic heterocycles. The summed E-state index contributed by atoms with van der Waals surface area (Å²) in [6.45, 7) is 18.3. The average molecular weight is 700 g/mol. The molecule has 0 amide bonds. The number of ether oxygens (including phenoxy) is 3. The van der Waals surface area contributed by atoms with E-state index >= 15 is 0 Å². The van der Waals surface area contributed by atoms with Crippen molar-refractivity contribution >= 4 is 39.2 Å². The normalized spacial score (nSPS) is 16.9. The highest BCUT2D eigenvalue weighted by molar-refractivity contribution is 6.76. The maximum absolute atomic E-state index is 12.6. The highest BCUT2D eigenvalue weighted by Gasteiger charge is 2.36. The molecule has 0 radical (unpaired) electrons. The Labute approximate surface area is 293 Å². The van der Waals surface area contributed by atoms with Crippen molar-refractivity contribution in [2.45, 2.75) is 77.6 Å². The van der Waals surface area contributed by atoms with Gasteiger partial charge in [0, 0.05) is 58.3 Å². The monoisotopic (exact) mass is 699 g/mol. The molecule has 3 heterocycles. The van der Waals surface area contributed by atoms with E-state index in [1.54, 1.807) is 0 Å². The lowest BCUT2D eigenvalue weighted by atomic mass is 9.76. The Balaban J connectivity index is 1.55. The molecule has 0 spiro atoms. The summed E-state index contributed by atoms with van der Waals surface area (Å²) in [5.74, 6) is 0.678. The van der Waals surface area contributed by atoms with Gasteiger partial charge in [0.05, 0.1) is 30.1 Å². The van der Waals surface area contributed by atoms with Crippen LogP contribution in [0.3, 0.4) is 0 Å². The first-order chi connectivity index (χ1) is 23.3. The molecule has 5 rings (SSSR count). The van der Waals surface area contributed by atoms with Crippen LogP contribution in [-0.2, 0) is 19.0 Å². The first-order valence-corrected chi connectivity index (χ1v) is 24.8. The van der Waals surface area contributed by atoms with Crippen molar-refractivity contribution in [3.63, 3.8) is 0 Å². The number of hydrogen-bond donors (Lipinski definition) is 0. The van der Waals surface area contributed by atoms with Crippen molar-refractivity contribution in [3.05, 3.63) is 72.7 Å². The fourth-order valence-corrected chi connectivity index (χ4v) is 7.29. The van der Waals surface area contributed by atoms with Gasteiger partial charge in [-0.3, -0.25) is 9.78 Å². The van der Waals surface area contributed by atoms with Crippen molar-refractivity contribution in [3.8, 4) is 22.4 Å². The maximum Gasteiger partial charge on any atom is 0.311 e. The number of carbonyl (C=O) groups is 1. The highest BCUT2D eigenvalue weighted by atomic mass is 28.3. The summed E-state index contributed by atoms with van der Waals surface area (Å²) in [6, 6.07) is 18.6. The molecule has 0 saturated carbocycles. The van der Waals surface area contributed by atoms with Gasteiger partial charge >= 0.3 is 5.97 Å². The Hall–Kier alpha value is -3.65. The van der Waals surface area contributed by atoms with Gasteiger partial charge in [0.1, 0.15) is 19.3 Å². The van der Waals surface area contributed by atoms with Gasteiger partial charge in [-0.1, -0.05) is 81.8 Å². The molecular weight excluding hydrogens is 647 g/mol. The zero-order valence-electron chi connectivity index (χ0n) is 30.6. The number of esters is 1. The second-order valence-electron chi connectivity index (χ2n) is 15.8. The van der Waals surface area contributed by atoms with Crippen LogP contribution in [-0.4, -0.2) is 75.5 Å². The topological polar surface area (TPSA) is 91.1 Å². The Morgan fingerprint density at radius 1 is 0.898 bits per heavy atom. The number of fused-ring (bicyclic) bond motifs is 1. The van der Waals surface area contributed by atoms with Gasteiger partial charge < -0.3 is 19.1 Å². The number of aromatic nitrogens is 4. The van der Waals surface area contributed by atoms with Crippen LogP contribution in [0.4, 0.5) is 5.82 Å². The molecule has 262 valence electrons. The quantitative estimate of drug-likeness (QED) is 0.0527. The number of anilines is 1. The van der Waals surface area contributed by atoms with Gasteiger partial charge in [0.25, 0.3) is 0 Å². The number of allylic oxidation sites excluding steroid dienone is 2. The Bertz CT molecular complexity index is 1720. The standard InChI is InChI=1S/C38H53N5O4Si2/c1-38(37(44)45-2)18-16-30(17-19-38)34-24-35(42(27-46-20-22-48(3,4)5)28-47-21-23-49(6,7)8)43-36(41-34)32(26-40-43)31-14-15-33(39-25-31)29-12-10-9-11-13-29/h9-16,24-26H,17-23,27-28H2,1-8H3. The van der Waals surface area contributed by atoms with Crippen LogP contribution in [0.15, 0.2) is 67.0 Å². The molecule has 1 aliphatic carbocycles.